The molecule has 0 radical (unpaired) electrons. The number of alkyl halides is 2. The van der Waals surface area contributed by atoms with Crippen molar-refractivity contribution in [2.75, 3.05) is 18.0 Å². The summed E-state index contributed by atoms with van der Waals surface area (Å²) in [6.45, 7) is 7.58. The minimum Gasteiger partial charge on any atom is -0.348 e. The van der Waals surface area contributed by atoms with E-state index in [9.17, 15) is 8.78 Å². The van der Waals surface area contributed by atoms with Crippen LogP contribution < -0.4 is 4.90 Å². The second-order valence-electron chi connectivity index (χ2n) is 7.78. The molecule has 1 saturated heterocycles. The lowest BCUT2D eigenvalue weighted by atomic mass is 9.96. The van der Waals surface area contributed by atoms with Gasteiger partial charge in [-0.15, -0.1) is 10.2 Å². The van der Waals surface area contributed by atoms with E-state index in [1.165, 1.54) is 4.80 Å². The van der Waals surface area contributed by atoms with Crippen LogP contribution in [0.5, 0.6) is 0 Å². The number of fused-ring (bicyclic) bond motifs is 1. The van der Waals surface area contributed by atoms with Crippen molar-refractivity contribution in [2.45, 2.75) is 52.0 Å². The summed E-state index contributed by atoms with van der Waals surface area (Å²) < 4.78 is 32.5. The topological polar surface area (TPSA) is 98.7 Å². The van der Waals surface area contributed by atoms with E-state index in [0.29, 0.717) is 34.5 Å². The number of aryl methyl sites for hydroxylation is 1. The summed E-state index contributed by atoms with van der Waals surface area (Å²) in [6, 6.07) is 0. The fourth-order valence-electron chi connectivity index (χ4n) is 2.91. The Labute approximate surface area is 153 Å². The fourth-order valence-corrected chi connectivity index (χ4v) is 2.91. The van der Waals surface area contributed by atoms with Crippen molar-refractivity contribution in [2.24, 2.45) is 0 Å². The first-order chi connectivity index (χ1) is 12.6. The average Bonchev–Trinajstić information content (AvgIpc) is 3.24. The highest BCUT2D eigenvalue weighted by atomic mass is 19.3. The van der Waals surface area contributed by atoms with Gasteiger partial charge in [-0.25, -0.2) is 18.7 Å². The van der Waals surface area contributed by atoms with Gasteiger partial charge in [0.25, 0.3) is 5.92 Å². The Bertz CT molecular complexity index is 990. The van der Waals surface area contributed by atoms with E-state index in [1.807, 2.05) is 20.8 Å². The van der Waals surface area contributed by atoms with Gasteiger partial charge in [-0.05, 0) is 0 Å². The van der Waals surface area contributed by atoms with Gasteiger partial charge in [-0.3, -0.25) is 0 Å². The van der Waals surface area contributed by atoms with Gasteiger partial charge in [0.15, 0.2) is 17.2 Å². The second kappa shape index (κ2) is 5.89. The first kappa shape index (κ1) is 17.7. The van der Waals surface area contributed by atoms with Gasteiger partial charge in [0.1, 0.15) is 12.4 Å². The first-order valence-electron chi connectivity index (χ1n) is 8.66. The van der Waals surface area contributed by atoms with Gasteiger partial charge >= 0.3 is 0 Å². The van der Waals surface area contributed by atoms with Crippen molar-refractivity contribution in [3.8, 4) is 0 Å². The molecule has 0 atom stereocenters. The molecule has 9 nitrogen and oxygen atoms in total. The molecule has 0 saturated carbocycles. The molecule has 4 rings (SSSR count). The van der Waals surface area contributed by atoms with Gasteiger partial charge < -0.3 is 9.42 Å². The number of aromatic nitrogens is 7. The number of rotatable bonds is 3. The van der Waals surface area contributed by atoms with Crippen LogP contribution in [0.15, 0.2) is 4.52 Å². The molecule has 0 bridgehead atoms. The third-order valence-electron chi connectivity index (χ3n) is 4.27. The van der Waals surface area contributed by atoms with Crippen molar-refractivity contribution < 1.29 is 13.3 Å². The van der Waals surface area contributed by atoms with E-state index in [1.54, 1.807) is 11.8 Å². The predicted molar refractivity (Wildman–Crippen MR) is 91.7 cm³/mol. The van der Waals surface area contributed by atoms with Crippen LogP contribution in [-0.4, -0.2) is 54.1 Å². The standard InChI is InChI=1S/C16H20F2N8O/c1-9-19-10(24-27-9)7-26-22-11-12(23-26)20-14(15(2,3)4)21-13(11)25-6-5-16(17,18)8-25/h5-8H2,1-4H3. The fraction of sp³-hybridized carbons (Fsp3) is 0.625. The van der Waals surface area contributed by atoms with Crippen LogP contribution in [-0.2, 0) is 12.0 Å². The molecule has 0 aliphatic carbocycles. The Morgan fingerprint density at radius 1 is 1.15 bits per heavy atom. The monoisotopic (exact) mass is 378 g/mol. The summed E-state index contributed by atoms with van der Waals surface area (Å²) in [5.74, 6) is -0.958. The first-order valence-corrected chi connectivity index (χ1v) is 8.66. The molecule has 1 aliphatic rings. The van der Waals surface area contributed by atoms with Gasteiger partial charge in [0.05, 0.1) is 6.54 Å². The van der Waals surface area contributed by atoms with Crippen LogP contribution in [0.4, 0.5) is 14.6 Å². The second-order valence-corrected chi connectivity index (χ2v) is 7.78. The SMILES string of the molecule is Cc1nc(Cn2nc3nc(C(C)(C)C)nc(N4CCC(F)(F)C4)c3n2)no1. The molecule has 1 aliphatic heterocycles. The third kappa shape index (κ3) is 3.45. The molecule has 27 heavy (non-hydrogen) atoms. The zero-order valence-electron chi connectivity index (χ0n) is 15.6. The van der Waals surface area contributed by atoms with Gasteiger partial charge in [0.2, 0.25) is 11.5 Å². The lowest BCUT2D eigenvalue weighted by Crippen LogP contribution is -2.27. The molecular weight excluding hydrogens is 358 g/mol. The smallest absolute Gasteiger partial charge is 0.266 e. The summed E-state index contributed by atoms with van der Waals surface area (Å²) in [5.41, 5.74) is 0.390. The van der Waals surface area contributed by atoms with E-state index < -0.39 is 5.92 Å². The molecule has 3 aromatic heterocycles. The molecule has 0 amide bonds. The molecule has 0 spiro atoms. The Morgan fingerprint density at radius 2 is 1.93 bits per heavy atom. The maximum Gasteiger partial charge on any atom is 0.266 e. The highest BCUT2D eigenvalue weighted by Crippen LogP contribution is 2.33. The summed E-state index contributed by atoms with van der Waals surface area (Å²) >= 11 is 0. The number of nitrogens with zero attached hydrogens (tertiary/aromatic N) is 8. The van der Waals surface area contributed by atoms with E-state index >= 15 is 0 Å². The van der Waals surface area contributed by atoms with Crippen molar-refractivity contribution in [3.63, 3.8) is 0 Å². The normalized spacial score (nSPS) is 17.2. The van der Waals surface area contributed by atoms with E-state index in [2.05, 4.69) is 30.3 Å². The molecule has 144 valence electrons. The molecule has 0 unspecified atom stereocenters. The van der Waals surface area contributed by atoms with Crippen LogP contribution in [0.2, 0.25) is 0 Å². The Morgan fingerprint density at radius 3 is 2.52 bits per heavy atom. The van der Waals surface area contributed by atoms with Crippen LogP contribution in [0.1, 0.15) is 44.7 Å². The summed E-state index contributed by atoms with van der Waals surface area (Å²) in [4.78, 5) is 16.1. The van der Waals surface area contributed by atoms with Crippen LogP contribution in [0, 0.1) is 6.92 Å². The molecular formula is C16H20F2N8O. The molecule has 11 heteroatoms. The van der Waals surface area contributed by atoms with Crippen molar-refractivity contribution in [3.05, 3.63) is 17.5 Å². The summed E-state index contributed by atoms with van der Waals surface area (Å²) in [6.07, 6.45) is -0.209. The number of anilines is 1. The van der Waals surface area contributed by atoms with Gasteiger partial charge in [-0.1, -0.05) is 25.9 Å². The highest BCUT2D eigenvalue weighted by Gasteiger charge is 2.40. The van der Waals surface area contributed by atoms with Crippen LogP contribution in [0.25, 0.3) is 11.2 Å². The largest absolute Gasteiger partial charge is 0.348 e. The molecule has 0 aromatic carbocycles. The maximum atomic E-state index is 13.8. The number of hydrogen-bond acceptors (Lipinski definition) is 8. The van der Waals surface area contributed by atoms with E-state index in [-0.39, 0.29) is 31.5 Å². The third-order valence-corrected chi connectivity index (χ3v) is 4.27. The van der Waals surface area contributed by atoms with Crippen molar-refractivity contribution in [1.82, 2.24) is 35.1 Å². The zero-order chi connectivity index (χ0) is 19.4. The number of hydrogen-bond donors (Lipinski definition) is 0. The van der Waals surface area contributed by atoms with Crippen molar-refractivity contribution in [1.29, 1.82) is 0 Å². The molecule has 1 fully saturated rings. The molecule has 4 heterocycles. The summed E-state index contributed by atoms with van der Waals surface area (Å²) in [5, 5.41) is 12.6. The lowest BCUT2D eigenvalue weighted by Gasteiger charge is -2.21. The highest BCUT2D eigenvalue weighted by molar-refractivity contribution is 5.82. The minimum atomic E-state index is -2.74. The Kier molecular flexibility index (Phi) is 3.86. The maximum absolute atomic E-state index is 13.8. The van der Waals surface area contributed by atoms with Crippen LogP contribution >= 0.6 is 0 Å². The quantitative estimate of drug-likeness (QED) is 0.683. The number of halogens is 2. The van der Waals surface area contributed by atoms with Crippen LogP contribution in [0.3, 0.4) is 0 Å². The Hall–Kier alpha value is -2.72. The van der Waals surface area contributed by atoms with Gasteiger partial charge in [-0.2, -0.15) is 9.78 Å². The lowest BCUT2D eigenvalue weighted by molar-refractivity contribution is 0.0257. The van der Waals surface area contributed by atoms with E-state index in [4.69, 9.17) is 4.52 Å². The van der Waals surface area contributed by atoms with Crippen molar-refractivity contribution >= 4 is 17.0 Å². The summed E-state index contributed by atoms with van der Waals surface area (Å²) in [7, 11) is 0. The van der Waals surface area contributed by atoms with Gasteiger partial charge in [0, 0.05) is 25.3 Å². The molecule has 0 N–H and O–H groups in total. The van der Waals surface area contributed by atoms with E-state index in [0.717, 1.165) is 0 Å². The zero-order valence-corrected chi connectivity index (χ0v) is 15.6. The molecule has 3 aromatic rings. The minimum absolute atomic E-state index is 0.189. The Balaban J connectivity index is 1.79. The predicted octanol–water partition coefficient (Wildman–Crippen LogP) is 2.10. The average molecular weight is 378 g/mol.